The number of hydrogen-bond donors (Lipinski definition) is 1. The highest BCUT2D eigenvalue weighted by atomic mass is 16.4. The quantitative estimate of drug-likeness (QED) is 0.695. The SMILES string of the molecule is C=C(C)CN(CC)C(=O)N(C)CC(=O)O. The molecule has 0 aromatic rings. The second kappa shape index (κ2) is 6.06. The number of aliphatic carboxylic acids is 1. The minimum atomic E-state index is -1.02. The number of likely N-dealkylation sites (N-methyl/N-ethyl adjacent to an activating group) is 2. The average molecular weight is 214 g/mol. The monoisotopic (exact) mass is 214 g/mol. The van der Waals surface area contributed by atoms with Gasteiger partial charge in [0.15, 0.2) is 0 Å². The Kier molecular flexibility index (Phi) is 5.44. The van der Waals surface area contributed by atoms with Gasteiger partial charge < -0.3 is 14.9 Å². The van der Waals surface area contributed by atoms with E-state index in [4.69, 9.17) is 5.11 Å². The fraction of sp³-hybridized carbons (Fsp3) is 0.600. The highest BCUT2D eigenvalue weighted by Gasteiger charge is 2.17. The summed E-state index contributed by atoms with van der Waals surface area (Å²) < 4.78 is 0. The molecule has 0 rings (SSSR count). The molecule has 0 unspecified atom stereocenters. The Balaban J connectivity index is 4.36. The lowest BCUT2D eigenvalue weighted by molar-refractivity contribution is -0.137. The molecule has 0 radical (unpaired) electrons. The minimum absolute atomic E-state index is 0.286. The predicted molar refractivity (Wildman–Crippen MR) is 57.7 cm³/mol. The van der Waals surface area contributed by atoms with Crippen molar-refractivity contribution in [3.05, 3.63) is 12.2 Å². The summed E-state index contributed by atoms with van der Waals surface area (Å²) >= 11 is 0. The average Bonchev–Trinajstić information content (AvgIpc) is 2.11. The van der Waals surface area contributed by atoms with Gasteiger partial charge in [0, 0.05) is 20.1 Å². The molecule has 15 heavy (non-hydrogen) atoms. The maximum atomic E-state index is 11.7. The van der Waals surface area contributed by atoms with E-state index >= 15 is 0 Å². The van der Waals surface area contributed by atoms with Crippen molar-refractivity contribution in [2.75, 3.05) is 26.7 Å². The molecule has 0 aliphatic rings. The second-order valence-corrected chi connectivity index (χ2v) is 3.50. The zero-order valence-corrected chi connectivity index (χ0v) is 9.49. The molecule has 2 amide bonds. The molecule has 0 aromatic carbocycles. The van der Waals surface area contributed by atoms with Gasteiger partial charge in [0.05, 0.1) is 0 Å². The van der Waals surface area contributed by atoms with Crippen LogP contribution in [0.2, 0.25) is 0 Å². The standard InChI is InChI=1S/C10H18N2O3/c1-5-12(6-8(2)3)10(15)11(4)7-9(13)14/h2,5-7H2,1,3-4H3,(H,13,14). The molecule has 0 aliphatic heterocycles. The van der Waals surface area contributed by atoms with Crippen LogP contribution in [0.4, 0.5) is 4.79 Å². The number of nitrogens with zero attached hydrogens (tertiary/aromatic N) is 2. The van der Waals surface area contributed by atoms with Crippen molar-refractivity contribution in [2.45, 2.75) is 13.8 Å². The van der Waals surface area contributed by atoms with Gasteiger partial charge in [-0.15, -0.1) is 0 Å². The van der Waals surface area contributed by atoms with Gasteiger partial charge in [-0.1, -0.05) is 12.2 Å². The summed E-state index contributed by atoms with van der Waals surface area (Å²) in [5.41, 5.74) is 0.869. The van der Waals surface area contributed by atoms with E-state index in [1.165, 1.54) is 11.9 Å². The minimum Gasteiger partial charge on any atom is -0.480 e. The fourth-order valence-electron chi connectivity index (χ4n) is 1.15. The Hall–Kier alpha value is -1.52. The van der Waals surface area contributed by atoms with E-state index in [1.807, 2.05) is 13.8 Å². The third-order valence-electron chi connectivity index (χ3n) is 1.81. The van der Waals surface area contributed by atoms with Crippen molar-refractivity contribution in [3.8, 4) is 0 Å². The lowest BCUT2D eigenvalue weighted by atomic mass is 10.3. The lowest BCUT2D eigenvalue weighted by Gasteiger charge is -2.26. The molecule has 0 saturated carbocycles. The Labute approximate surface area is 90.0 Å². The summed E-state index contributed by atoms with van der Waals surface area (Å²) in [5.74, 6) is -1.02. The predicted octanol–water partition coefficient (Wildman–Crippen LogP) is 1.02. The van der Waals surface area contributed by atoms with Crippen LogP contribution in [0.15, 0.2) is 12.2 Å². The molecule has 0 aromatic heterocycles. The fourth-order valence-corrected chi connectivity index (χ4v) is 1.15. The van der Waals surface area contributed by atoms with E-state index in [2.05, 4.69) is 6.58 Å². The molecule has 0 bridgehead atoms. The van der Waals surface area contributed by atoms with Crippen LogP contribution >= 0.6 is 0 Å². The molecule has 5 heteroatoms. The summed E-state index contributed by atoms with van der Waals surface area (Å²) in [7, 11) is 1.47. The Morgan fingerprint density at radius 3 is 2.20 bits per heavy atom. The van der Waals surface area contributed by atoms with Crippen LogP contribution in [-0.2, 0) is 4.79 Å². The number of carbonyl (C=O) groups excluding carboxylic acids is 1. The second-order valence-electron chi connectivity index (χ2n) is 3.50. The molecule has 0 atom stereocenters. The van der Waals surface area contributed by atoms with Crippen molar-refractivity contribution in [1.82, 2.24) is 9.80 Å². The number of carboxylic acids is 1. The van der Waals surface area contributed by atoms with Gasteiger partial charge in [0.25, 0.3) is 0 Å². The van der Waals surface area contributed by atoms with Gasteiger partial charge in [-0.25, -0.2) is 4.79 Å². The molecule has 1 N–H and O–H groups in total. The molecule has 0 aliphatic carbocycles. The van der Waals surface area contributed by atoms with E-state index < -0.39 is 5.97 Å². The first-order valence-corrected chi connectivity index (χ1v) is 4.74. The van der Waals surface area contributed by atoms with Gasteiger partial charge in [0.1, 0.15) is 6.54 Å². The molecule has 5 nitrogen and oxygen atoms in total. The molecule has 0 fully saturated rings. The molecule has 0 spiro atoms. The largest absolute Gasteiger partial charge is 0.480 e. The number of hydrogen-bond acceptors (Lipinski definition) is 2. The maximum absolute atomic E-state index is 11.7. The van der Waals surface area contributed by atoms with Crippen molar-refractivity contribution in [3.63, 3.8) is 0 Å². The zero-order chi connectivity index (χ0) is 12.0. The molecule has 0 saturated heterocycles. The summed E-state index contributed by atoms with van der Waals surface area (Å²) in [6, 6.07) is -0.289. The molecular formula is C10H18N2O3. The van der Waals surface area contributed by atoms with Gasteiger partial charge in [-0.2, -0.15) is 0 Å². The number of rotatable bonds is 5. The summed E-state index contributed by atoms with van der Waals surface area (Å²) in [4.78, 5) is 24.8. The van der Waals surface area contributed by atoms with Gasteiger partial charge in [0.2, 0.25) is 0 Å². The molecule has 0 heterocycles. The highest BCUT2D eigenvalue weighted by Crippen LogP contribution is 2.00. The van der Waals surface area contributed by atoms with E-state index in [0.717, 1.165) is 5.57 Å². The number of carboxylic acid groups (broad SMARTS) is 1. The van der Waals surface area contributed by atoms with Crippen molar-refractivity contribution < 1.29 is 14.7 Å². The molecule has 86 valence electrons. The van der Waals surface area contributed by atoms with Crippen LogP contribution in [-0.4, -0.2) is 53.6 Å². The third-order valence-corrected chi connectivity index (χ3v) is 1.81. The summed E-state index contributed by atoms with van der Waals surface area (Å²) in [6.45, 7) is 8.09. The van der Waals surface area contributed by atoms with E-state index in [1.54, 1.807) is 4.90 Å². The van der Waals surface area contributed by atoms with Crippen LogP contribution in [0.5, 0.6) is 0 Å². The summed E-state index contributed by atoms with van der Waals surface area (Å²) in [6.07, 6.45) is 0. The molecular weight excluding hydrogens is 196 g/mol. The van der Waals surface area contributed by atoms with Gasteiger partial charge in [-0.3, -0.25) is 4.79 Å². The van der Waals surface area contributed by atoms with E-state index in [9.17, 15) is 9.59 Å². The van der Waals surface area contributed by atoms with Crippen LogP contribution in [0, 0.1) is 0 Å². The van der Waals surface area contributed by atoms with Crippen LogP contribution in [0.3, 0.4) is 0 Å². The van der Waals surface area contributed by atoms with Crippen LogP contribution in [0.1, 0.15) is 13.8 Å². The van der Waals surface area contributed by atoms with Gasteiger partial charge in [-0.05, 0) is 13.8 Å². The Morgan fingerprint density at radius 1 is 1.33 bits per heavy atom. The van der Waals surface area contributed by atoms with Crippen LogP contribution in [0.25, 0.3) is 0 Å². The first-order chi connectivity index (χ1) is 6.88. The Morgan fingerprint density at radius 2 is 1.87 bits per heavy atom. The summed E-state index contributed by atoms with van der Waals surface area (Å²) in [5, 5.41) is 8.54. The zero-order valence-electron chi connectivity index (χ0n) is 9.49. The Bertz CT molecular complexity index is 263. The topological polar surface area (TPSA) is 60.9 Å². The normalized spacial score (nSPS) is 9.53. The highest BCUT2D eigenvalue weighted by molar-refractivity contribution is 5.80. The number of amides is 2. The van der Waals surface area contributed by atoms with Crippen molar-refractivity contribution in [1.29, 1.82) is 0 Å². The number of carbonyl (C=O) groups is 2. The maximum Gasteiger partial charge on any atom is 0.323 e. The number of urea groups is 1. The first kappa shape index (κ1) is 13.5. The van der Waals surface area contributed by atoms with Crippen molar-refractivity contribution >= 4 is 12.0 Å². The van der Waals surface area contributed by atoms with Crippen LogP contribution < -0.4 is 0 Å². The van der Waals surface area contributed by atoms with E-state index in [0.29, 0.717) is 13.1 Å². The first-order valence-electron chi connectivity index (χ1n) is 4.74. The van der Waals surface area contributed by atoms with Gasteiger partial charge >= 0.3 is 12.0 Å². The third kappa shape index (κ3) is 5.05. The smallest absolute Gasteiger partial charge is 0.323 e. The van der Waals surface area contributed by atoms with Crippen molar-refractivity contribution in [2.24, 2.45) is 0 Å². The lowest BCUT2D eigenvalue weighted by Crippen LogP contribution is -2.43. The van der Waals surface area contributed by atoms with E-state index in [-0.39, 0.29) is 12.6 Å².